The Kier molecular flexibility index (Phi) is 6.51. The van der Waals surface area contributed by atoms with Gasteiger partial charge in [-0.15, -0.1) is 10.2 Å². The molecule has 1 aromatic rings. The van der Waals surface area contributed by atoms with Gasteiger partial charge >= 0.3 is 6.09 Å². The molecule has 2 aliphatic rings. The Morgan fingerprint density at radius 2 is 1.73 bits per heavy atom. The highest BCUT2D eigenvalue weighted by molar-refractivity contribution is 5.67. The van der Waals surface area contributed by atoms with Crippen LogP contribution in [0.2, 0.25) is 0 Å². The highest BCUT2D eigenvalue weighted by Crippen LogP contribution is 2.27. The number of amides is 1. The van der Waals surface area contributed by atoms with Crippen molar-refractivity contribution in [3.05, 3.63) is 11.6 Å². The van der Waals surface area contributed by atoms with Gasteiger partial charge in [-0.3, -0.25) is 4.90 Å². The van der Waals surface area contributed by atoms with Crippen molar-refractivity contribution in [1.29, 1.82) is 0 Å². The lowest BCUT2D eigenvalue weighted by Crippen LogP contribution is -2.39. The summed E-state index contributed by atoms with van der Waals surface area (Å²) in [4.78, 5) is 16.4. The second-order valence-corrected chi connectivity index (χ2v) is 7.92. The van der Waals surface area contributed by atoms with E-state index in [0.29, 0.717) is 5.92 Å². The van der Waals surface area contributed by atoms with Crippen molar-refractivity contribution in [3.8, 4) is 0 Å². The van der Waals surface area contributed by atoms with Gasteiger partial charge in [-0.05, 0) is 52.6 Å². The monoisotopic (exact) mass is 363 g/mol. The zero-order valence-corrected chi connectivity index (χ0v) is 16.5. The molecule has 0 saturated carbocycles. The van der Waals surface area contributed by atoms with Crippen molar-refractivity contribution in [1.82, 2.24) is 24.6 Å². The van der Waals surface area contributed by atoms with Crippen LogP contribution in [0.25, 0.3) is 0 Å². The van der Waals surface area contributed by atoms with E-state index in [9.17, 15) is 4.79 Å². The van der Waals surface area contributed by atoms with Crippen molar-refractivity contribution in [2.45, 2.75) is 70.9 Å². The minimum Gasteiger partial charge on any atom is -0.447 e. The first kappa shape index (κ1) is 19.1. The van der Waals surface area contributed by atoms with Crippen LogP contribution in [0.3, 0.4) is 0 Å². The molecule has 2 aliphatic heterocycles. The standard InChI is InChI=1S/C19H33N5O2/c1-15(2)26-19(25)24-12-8-16(9-13-24)18-21-20-17(22(18)3)14-23-10-6-4-5-7-11-23/h15-16H,4-14H2,1-3H3. The number of nitrogens with zero attached hydrogens (tertiary/aromatic N) is 5. The van der Waals surface area contributed by atoms with E-state index in [1.807, 2.05) is 18.7 Å². The molecule has 26 heavy (non-hydrogen) atoms. The van der Waals surface area contributed by atoms with E-state index >= 15 is 0 Å². The summed E-state index contributed by atoms with van der Waals surface area (Å²) in [5.74, 6) is 2.49. The molecule has 0 bridgehead atoms. The van der Waals surface area contributed by atoms with E-state index in [-0.39, 0.29) is 12.2 Å². The molecule has 0 aliphatic carbocycles. The van der Waals surface area contributed by atoms with Crippen LogP contribution in [0.5, 0.6) is 0 Å². The number of carbonyl (C=O) groups is 1. The fourth-order valence-electron chi connectivity index (χ4n) is 3.96. The predicted octanol–water partition coefficient (Wildman–Crippen LogP) is 2.92. The summed E-state index contributed by atoms with van der Waals surface area (Å²) < 4.78 is 7.48. The number of ether oxygens (including phenoxy) is 1. The molecular formula is C19H33N5O2. The average Bonchev–Trinajstić information content (AvgIpc) is 2.82. The van der Waals surface area contributed by atoms with Crippen molar-refractivity contribution < 1.29 is 9.53 Å². The van der Waals surface area contributed by atoms with Gasteiger partial charge in [0.2, 0.25) is 0 Å². The van der Waals surface area contributed by atoms with Gasteiger partial charge < -0.3 is 14.2 Å². The number of rotatable bonds is 4. The van der Waals surface area contributed by atoms with E-state index < -0.39 is 0 Å². The molecular weight excluding hydrogens is 330 g/mol. The van der Waals surface area contributed by atoms with E-state index in [1.54, 1.807) is 0 Å². The minimum absolute atomic E-state index is 0.0690. The number of aromatic nitrogens is 3. The summed E-state index contributed by atoms with van der Waals surface area (Å²) in [6.45, 7) is 8.45. The Labute approximate surface area is 156 Å². The second-order valence-electron chi connectivity index (χ2n) is 7.92. The van der Waals surface area contributed by atoms with Crippen molar-refractivity contribution in [2.24, 2.45) is 7.05 Å². The molecule has 1 amide bonds. The fraction of sp³-hybridized carbons (Fsp3) is 0.842. The summed E-state index contributed by atoms with van der Waals surface area (Å²) in [6, 6.07) is 0. The van der Waals surface area contributed by atoms with Gasteiger partial charge in [-0.1, -0.05) is 12.8 Å². The number of piperidine rings is 1. The molecule has 0 unspecified atom stereocenters. The minimum atomic E-state index is -0.196. The third-order valence-electron chi connectivity index (χ3n) is 5.52. The van der Waals surface area contributed by atoms with Crippen LogP contribution in [-0.2, 0) is 18.3 Å². The van der Waals surface area contributed by atoms with Crippen LogP contribution in [0.4, 0.5) is 4.79 Å². The molecule has 7 heteroatoms. The van der Waals surface area contributed by atoms with Crippen LogP contribution >= 0.6 is 0 Å². The maximum Gasteiger partial charge on any atom is 0.410 e. The highest BCUT2D eigenvalue weighted by Gasteiger charge is 2.28. The molecule has 3 rings (SSSR count). The van der Waals surface area contributed by atoms with Gasteiger partial charge in [0.1, 0.15) is 11.6 Å². The maximum absolute atomic E-state index is 12.0. The van der Waals surface area contributed by atoms with Crippen LogP contribution in [0.15, 0.2) is 0 Å². The summed E-state index contributed by atoms with van der Waals surface area (Å²) in [6.07, 6.45) is 6.84. The van der Waals surface area contributed by atoms with E-state index in [0.717, 1.165) is 44.1 Å². The van der Waals surface area contributed by atoms with Crippen LogP contribution in [0, 0.1) is 0 Å². The van der Waals surface area contributed by atoms with Crippen molar-refractivity contribution in [2.75, 3.05) is 26.2 Å². The first-order valence-corrected chi connectivity index (χ1v) is 10.1. The molecule has 0 spiro atoms. The number of hydrogen-bond donors (Lipinski definition) is 0. The molecule has 2 fully saturated rings. The van der Waals surface area contributed by atoms with Crippen molar-refractivity contribution >= 4 is 6.09 Å². The maximum atomic E-state index is 12.0. The Morgan fingerprint density at radius 1 is 1.08 bits per heavy atom. The molecule has 3 heterocycles. The quantitative estimate of drug-likeness (QED) is 0.823. The van der Waals surface area contributed by atoms with Gasteiger partial charge in [-0.2, -0.15) is 0 Å². The molecule has 146 valence electrons. The van der Waals surface area contributed by atoms with Gasteiger partial charge in [0.25, 0.3) is 0 Å². The molecule has 0 radical (unpaired) electrons. The zero-order chi connectivity index (χ0) is 18.5. The van der Waals surface area contributed by atoms with Gasteiger partial charge in [-0.25, -0.2) is 4.79 Å². The van der Waals surface area contributed by atoms with Crippen molar-refractivity contribution in [3.63, 3.8) is 0 Å². The number of carbonyl (C=O) groups excluding carboxylic acids is 1. The van der Waals surface area contributed by atoms with E-state index in [4.69, 9.17) is 4.74 Å². The van der Waals surface area contributed by atoms with Crippen LogP contribution in [0.1, 0.15) is 69.9 Å². The Balaban J connectivity index is 1.56. The fourth-order valence-corrected chi connectivity index (χ4v) is 3.96. The normalized spacial score (nSPS) is 20.4. The molecule has 0 N–H and O–H groups in total. The Morgan fingerprint density at radius 3 is 2.35 bits per heavy atom. The first-order valence-electron chi connectivity index (χ1n) is 10.1. The third-order valence-corrected chi connectivity index (χ3v) is 5.52. The lowest BCUT2D eigenvalue weighted by atomic mass is 9.96. The first-order chi connectivity index (χ1) is 12.5. The molecule has 2 saturated heterocycles. The lowest BCUT2D eigenvalue weighted by Gasteiger charge is -2.31. The van der Waals surface area contributed by atoms with Gasteiger partial charge in [0, 0.05) is 26.1 Å². The second kappa shape index (κ2) is 8.84. The van der Waals surface area contributed by atoms with Gasteiger partial charge in [0.15, 0.2) is 0 Å². The van der Waals surface area contributed by atoms with Crippen LogP contribution < -0.4 is 0 Å². The third kappa shape index (κ3) is 4.75. The largest absolute Gasteiger partial charge is 0.447 e. The van der Waals surface area contributed by atoms with E-state index in [1.165, 1.54) is 38.8 Å². The number of likely N-dealkylation sites (tertiary alicyclic amines) is 2. The van der Waals surface area contributed by atoms with Gasteiger partial charge in [0.05, 0.1) is 12.6 Å². The summed E-state index contributed by atoms with van der Waals surface area (Å²) in [5, 5.41) is 8.97. The Bertz CT molecular complexity index is 585. The Hall–Kier alpha value is -1.63. The molecule has 7 nitrogen and oxygen atoms in total. The topological polar surface area (TPSA) is 63.5 Å². The van der Waals surface area contributed by atoms with E-state index in [2.05, 4.69) is 26.7 Å². The zero-order valence-electron chi connectivity index (χ0n) is 16.5. The smallest absolute Gasteiger partial charge is 0.410 e. The number of hydrogen-bond acceptors (Lipinski definition) is 5. The lowest BCUT2D eigenvalue weighted by molar-refractivity contribution is 0.0687. The molecule has 1 aromatic heterocycles. The highest BCUT2D eigenvalue weighted by atomic mass is 16.6. The molecule has 0 aromatic carbocycles. The predicted molar refractivity (Wildman–Crippen MR) is 99.9 cm³/mol. The average molecular weight is 364 g/mol. The molecule has 0 atom stereocenters. The summed E-state index contributed by atoms with van der Waals surface area (Å²) in [5.41, 5.74) is 0. The SMILES string of the molecule is CC(C)OC(=O)N1CCC(c2nnc(CN3CCCCCC3)n2C)CC1. The van der Waals surface area contributed by atoms with Crippen LogP contribution in [-0.4, -0.2) is 62.9 Å². The summed E-state index contributed by atoms with van der Waals surface area (Å²) in [7, 11) is 2.09. The summed E-state index contributed by atoms with van der Waals surface area (Å²) >= 11 is 0.